The first-order valence-electron chi connectivity index (χ1n) is 8.16. The average Bonchev–Trinajstić information content (AvgIpc) is 3.33. The van der Waals surface area contributed by atoms with E-state index in [4.69, 9.17) is 1.37 Å². The van der Waals surface area contributed by atoms with E-state index < -0.39 is 0 Å². The molecule has 0 atom stereocenters. The lowest BCUT2D eigenvalue weighted by Crippen LogP contribution is -1.89. The molecule has 5 aliphatic heterocycles. The van der Waals surface area contributed by atoms with Gasteiger partial charge in [0.05, 0.1) is 47.0 Å². The van der Waals surface area contributed by atoms with Crippen molar-refractivity contribution in [1.29, 1.82) is 0 Å². The van der Waals surface area contributed by atoms with Crippen molar-refractivity contribution in [3.8, 4) is 0 Å². The Labute approximate surface area is 157 Å². The minimum absolute atomic E-state index is 0. The fourth-order valence-corrected chi connectivity index (χ4v) is 2.76. The third kappa shape index (κ3) is 3.20. The van der Waals surface area contributed by atoms with Gasteiger partial charge in [0.2, 0.25) is 0 Å². The molecule has 8 bridgehead atoms. The highest BCUT2D eigenvalue weighted by molar-refractivity contribution is 6.14. The maximum absolute atomic E-state index is 8.11. The van der Waals surface area contributed by atoms with E-state index in [9.17, 15) is 0 Å². The number of fused-ring (bicyclic) bond motifs is 4. The Morgan fingerprint density at radius 1 is 0.480 bits per heavy atom. The fraction of sp³-hybridized carbons (Fsp3) is 0. The van der Waals surface area contributed by atoms with E-state index in [1.807, 2.05) is 60.8 Å². The van der Waals surface area contributed by atoms with Crippen molar-refractivity contribution in [3.05, 3.63) is 95.7 Å². The van der Waals surface area contributed by atoms with Crippen LogP contribution in [0.25, 0.3) is 0 Å². The van der Waals surface area contributed by atoms with Crippen LogP contribution < -0.4 is 0 Å². The van der Waals surface area contributed by atoms with E-state index in [1.165, 1.54) is 0 Å². The molecule has 25 heavy (non-hydrogen) atoms. The lowest BCUT2D eigenvalue weighted by Gasteiger charge is -1.94. The van der Waals surface area contributed by atoms with Gasteiger partial charge in [0.15, 0.2) is 17.4 Å². The largest absolute Gasteiger partial charge is 0.249 e. The minimum Gasteiger partial charge on any atom is -0.249 e. The van der Waals surface area contributed by atoms with Crippen LogP contribution in [0.5, 0.6) is 0 Å². The number of hydrogen-bond acceptors (Lipinski definition) is 4. The second kappa shape index (κ2) is 6.21. The van der Waals surface area contributed by atoms with E-state index >= 15 is 0 Å². The van der Waals surface area contributed by atoms with Gasteiger partial charge in [-0.2, -0.15) is 0 Å². The zero-order valence-electron chi connectivity index (χ0n) is 13.6. The summed E-state index contributed by atoms with van der Waals surface area (Å²) in [5.74, 6) is 0. The van der Waals surface area contributed by atoms with Crippen molar-refractivity contribution in [2.75, 3.05) is 0 Å². The topological polar surface area (TPSA) is 49.4 Å². The first-order valence-corrected chi connectivity index (χ1v) is 7.66. The van der Waals surface area contributed by atoms with Gasteiger partial charge >= 0.3 is 0 Å². The SMILES string of the molecule is [2H]C1=CC2=NC1=CC1=NC(=CC3=NC(=CC4=NC(=C2)C=C4)C=C3)C=C1.[AlH3]. The summed E-state index contributed by atoms with van der Waals surface area (Å²) < 4.78 is 8.11. The van der Waals surface area contributed by atoms with Gasteiger partial charge in [-0.05, 0) is 72.9 Å². The lowest BCUT2D eigenvalue weighted by molar-refractivity contribution is 1.41. The molecule has 0 aromatic heterocycles. The molecule has 0 amide bonds. The maximum atomic E-state index is 8.11. The molecule has 0 radical (unpaired) electrons. The summed E-state index contributed by atoms with van der Waals surface area (Å²) >= 11 is 0. The Morgan fingerprint density at radius 3 is 1.32 bits per heavy atom. The average molecular weight is 339 g/mol. The monoisotopic (exact) mass is 339 g/mol. The number of allylic oxidation sites excluding steroid dienone is 12. The van der Waals surface area contributed by atoms with Crippen LogP contribution in [0.4, 0.5) is 0 Å². The van der Waals surface area contributed by atoms with Crippen LogP contribution in [0.3, 0.4) is 0 Å². The van der Waals surface area contributed by atoms with Gasteiger partial charge in [0.25, 0.3) is 0 Å². The molecular weight excluding hydrogens is 323 g/mol. The van der Waals surface area contributed by atoms with E-state index in [1.54, 1.807) is 6.08 Å². The van der Waals surface area contributed by atoms with Crippen molar-refractivity contribution in [2.24, 2.45) is 20.0 Å². The Bertz CT molecular complexity index is 1080. The minimum atomic E-state index is 0. The predicted octanol–water partition coefficient (Wildman–Crippen LogP) is 2.39. The molecule has 0 aromatic rings. The molecule has 0 saturated heterocycles. The van der Waals surface area contributed by atoms with Crippen LogP contribution in [-0.4, -0.2) is 40.2 Å². The lowest BCUT2D eigenvalue weighted by atomic mass is 10.2. The summed E-state index contributed by atoms with van der Waals surface area (Å²) in [6.07, 6.45) is 21.0. The summed E-state index contributed by atoms with van der Waals surface area (Å²) in [6.45, 7) is 0. The molecule has 5 aliphatic rings. The number of nitrogens with zero attached hydrogens (tertiary/aromatic N) is 4. The summed E-state index contributed by atoms with van der Waals surface area (Å²) in [5, 5.41) is 0. The highest BCUT2D eigenvalue weighted by Gasteiger charge is 2.11. The third-order valence-corrected chi connectivity index (χ3v) is 3.84. The first-order chi connectivity index (χ1) is 12.2. The molecule has 0 saturated carbocycles. The summed E-state index contributed by atoms with van der Waals surface area (Å²) in [5.41, 5.74) is 6.33. The Morgan fingerprint density at radius 2 is 0.840 bits per heavy atom. The molecule has 5 heterocycles. The van der Waals surface area contributed by atoms with Crippen LogP contribution in [0, 0.1) is 0 Å². The molecule has 5 rings (SSSR count). The highest BCUT2D eigenvalue weighted by atomic mass is 27.0. The van der Waals surface area contributed by atoms with Crippen molar-refractivity contribution in [1.82, 2.24) is 0 Å². The molecule has 0 aromatic carbocycles. The quantitative estimate of drug-likeness (QED) is 0.609. The van der Waals surface area contributed by atoms with Gasteiger partial charge in [0.1, 0.15) is 0 Å². The van der Waals surface area contributed by atoms with Crippen LogP contribution in [0.15, 0.2) is 116 Å². The number of aliphatic imine (C=N–C) groups is 4. The predicted molar refractivity (Wildman–Crippen MR) is 109 cm³/mol. The van der Waals surface area contributed by atoms with Crippen LogP contribution in [-0.2, 0) is 0 Å². The summed E-state index contributed by atoms with van der Waals surface area (Å²) in [7, 11) is 0. The number of hydrogen-bond donors (Lipinski definition) is 0. The standard InChI is InChI=1S/C20H12N4.Al.3H/c1-2-14-10-16-5-6-18(23-16)12-20-8-7-19(24-20)11-17-4-3-15(22-17)9-13(1)21-14;;;;/h1-12H;;;;/i1D;;;;. The summed E-state index contributed by atoms with van der Waals surface area (Å²) in [4.78, 5) is 18.2. The Balaban J connectivity index is 0.00000168. The molecule has 4 nitrogen and oxygen atoms in total. The van der Waals surface area contributed by atoms with Crippen molar-refractivity contribution < 1.29 is 1.37 Å². The zero-order valence-corrected chi connectivity index (χ0v) is 12.6. The number of rotatable bonds is 0. The fourth-order valence-electron chi connectivity index (χ4n) is 2.76. The Kier molecular flexibility index (Phi) is 3.60. The van der Waals surface area contributed by atoms with Gasteiger partial charge in [-0.15, -0.1) is 0 Å². The van der Waals surface area contributed by atoms with Crippen molar-refractivity contribution in [2.45, 2.75) is 0 Å². The molecule has 0 fully saturated rings. The molecule has 118 valence electrons. The molecule has 0 N–H and O–H groups in total. The van der Waals surface area contributed by atoms with Gasteiger partial charge in [-0.25, -0.2) is 20.0 Å². The third-order valence-electron chi connectivity index (χ3n) is 3.84. The van der Waals surface area contributed by atoms with E-state index in [-0.39, 0.29) is 17.4 Å². The zero-order chi connectivity index (χ0) is 16.8. The normalized spacial score (nSPS) is 22.7. The van der Waals surface area contributed by atoms with Crippen LogP contribution in [0.2, 0.25) is 0 Å². The van der Waals surface area contributed by atoms with Gasteiger partial charge in [-0.3, -0.25) is 0 Å². The van der Waals surface area contributed by atoms with E-state index in [0.717, 1.165) is 39.9 Å². The first kappa shape index (κ1) is 14.5. The molecule has 0 spiro atoms. The molecule has 0 unspecified atom stereocenters. The van der Waals surface area contributed by atoms with Crippen molar-refractivity contribution in [3.63, 3.8) is 0 Å². The van der Waals surface area contributed by atoms with E-state index in [2.05, 4.69) is 20.0 Å². The summed E-state index contributed by atoms with van der Waals surface area (Å²) in [6, 6.07) is 0.379. The van der Waals surface area contributed by atoms with Gasteiger partial charge in [-0.1, -0.05) is 0 Å². The van der Waals surface area contributed by atoms with Crippen molar-refractivity contribution >= 4 is 40.2 Å². The Hall–Kier alpha value is -2.87. The highest BCUT2D eigenvalue weighted by Crippen LogP contribution is 2.20. The second-order valence-electron chi connectivity index (χ2n) is 5.67. The molecule has 5 heteroatoms. The molecule has 0 aliphatic carbocycles. The van der Waals surface area contributed by atoms with Gasteiger partial charge in [0, 0.05) is 0 Å². The van der Waals surface area contributed by atoms with E-state index in [0.29, 0.717) is 11.7 Å². The molecular formula is C20H15AlN4. The van der Waals surface area contributed by atoms with Gasteiger partial charge < -0.3 is 0 Å². The van der Waals surface area contributed by atoms with Crippen LogP contribution in [0.1, 0.15) is 1.37 Å². The van der Waals surface area contributed by atoms with Crippen LogP contribution >= 0.6 is 0 Å². The second-order valence-corrected chi connectivity index (χ2v) is 5.67. The maximum Gasteiger partial charge on any atom is 0.187 e. The smallest absolute Gasteiger partial charge is 0.187 e.